The van der Waals surface area contributed by atoms with Crippen LogP contribution in [0.3, 0.4) is 0 Å². The van der Waals surface area contributed by atoms with E-state index in [1.807, 2.05) is 32.0 Å². The van der Waals surface area contributed by atoms with Gasteiger partial charge in [-0.1, -0.05) is 37.2 Å². The number of Topliss-reactive ketones (excluding diaryl/α,β-unsaturated/α-hetero) is 1. The summed E-state index contributed by atoms with van der Waals surface area (Å²) in [6.07, 6.45) is 0. The Morgan fingerprint density at radius 2 is 2.14 bits per heavy atom. The predicted octanol–water partition coefficient (Wildman–Crippen LogP) is 3.77. The average molecular weight is 357 g/mol. The first kappa shape index (κ1) is 17.2. The van der Waals surface area contributed by atoms with E-state index < -0.39 is 6.04 Å². The number of aromatic nitrogens is 1. The zero-order chi connectivity index (χ0) is 16.3. The van der Waals surface area contributed by atoms with E-state index in [-0.39, 0.29) is 23.4 Å². The molecule has 1 amide bonds. The molecule has 1 N–H and O–H groups in total. The molecule has 2 aromatic rings. The Labute approximate surface area is 142 Å². The zero-order valence-corrected chi connectivity index (χ0v) is 14.9. The molecule has 0 saturated heterocycles. The number of thiazole rings is 1. The number of hydrogen-bond donors (Lipinski definition) is 1. The fraction of sp³-hybridized carbons (Fsp3) is 0.400. The van der Waals surface area contributed by atoms with Gasteiger partial charge in [0.2, 0.25) is 5.91 Å². The Hall–Kier alpha value is -1.11. The van der Waals surface area contributed by atoms with Gasteiger partial charge in [0.25, 0.3) is 0 Å². The summed E-state index contributed by atoms with van der Waals surface area (Å²) < 4.78 is 1.85. The molecule has 2 rings (SSSR count). The summed E-state index contributed by atoms with van der Waals surface area (Å²) in [4.78, 5) is 27.9. The number of nitrogens with zero attached hydrogens (tertiary/aromatic N) is 1. The number of benzene rings is 1. The van der Waals surface area contributed by atoms with Crippen LogP contribution in [0.4, 0.5) is 0 Å². The predicted molar refractivity (Wildman–Crippen MR) is 92.8 cm³/mol. The number of nitrogens with one attached hydrogen (secondary N) is 1. The van der Waals surface area contributed by atoms with Gasteiger partial charge in [0.15, 0.2) is 10.1 Å². The highest BCUT2D eigenvalue weighted by molar-refractivity contribution is 8.01. The van der Waals surface area contributed by atoms with Gasteiger partial charge in [-0.3, -0.25) is 9.59 Å². The van der Waals surface area contributed by atoms with Crippen LogP contribution < -0.4 is 5.32 Å². The molecular formula is C15H17ClN2O2S2. The molecule has 0 spiro atoms. The van der Waals surface area contributed by atoms with Crippen LogP contribution in [0.1, 0.15) is 20.8 Å². The van der Waals surface area contributed by atoms with Crippen molar-refractivity contribution in [2.45, 2.75) is 31.2 Å². The van der Waals surface area contributed by atoms with Gasteiger partial charge < -0.3 is 5.32 Å². The monoisotopic (exact) mass is 356 g/mol. The van der Waals surface area contributed by atoms with Crippen molar-refractivity contribution in [1.29, 1.82) is 0 Å². The van der Waals surface area contributed by atoms with Crippen molar-refractivity contribution >= 4 is 56.6 Å². The smallest absolute Gasteiger partial charge is 0.231 e. The molecule has 1 heterocycles. The third kappa shape index (κ3) is 4.44. The van der Waals surface area contributed by atoms with Crippen LogP contribution in [-0.4, -0.2) is 28.5 Å². The van der Waals surface area contributed by atoms with E-state index in [0.29, 0.717) is 5.02 Å². The van der Waals surface area contributed by atoms with Gasteiger partial charge in [-0.15, -0.1) is 11.3 Å². The summed E-state index contributed by atoms with van der Waals surface area (Å²) in [7, 11) is 0. The van der Waals surface area contributed by atoms with Crippen LogP contribution in [0, 0.1) is 5.92 Å². The number of hydrogen-bond acceptors (Lipinski definition) is 5. The van der Waals surface area contributed by atoms with E-state index in [1.54, 1.807) is 0 Å². The molecule has 0 saturated carbocycles. The topological polar surface area (TPSA) is 59.1 Å². The molecule has 0 aliphatic heterocycles. The first-order chi connectivity index (χ1) is 10.4. The summed E-state index contributed by atoms with van der Waals surface area (Å²) in [5.74, 6) is 0.138. The third-order valence-corrected chi connectivity index (χ3v) is 5.49. The Balaban J connectivity index is 1.96. The van der Waals surface area contributed by atoms with Gasteiger partial charge in [0, 0.05) is 5.02 Å². The molecule has 4 nitrogen and oxygen atoms in total. The molecule has 1 unspecified atom stereocenters. The largest absolute Gasteiger partial charge is 0.345 e. The molecular weight excluding hydrogens is 340 g/mol. The number of rotatable bonds is 6. The highest BCUT2D eigenvalue weighted by atomic mass is 35.5. The van der Waals surface area contributed by atoms with Gasteiger partial charge in [-0.25, -0.2) is 4.98 Å². The fourth-order valence-corrected chi connectivity index (χ4v) is 4.05. The normalized spacial score (nSPS) is 12.6. The molecule has 1 aromatic carbocycles. The molecule has 22 heavy (non-hydrogen) atoms. The molecule has 7 heteroatoms. The van der Waals surface area contributed by atoms with Crippen molar-refractivity contribution < 1.29 is 9.59 Å². The fourth-order valence-electron chi connectivity index (χ4n) is 2.02. The van der Waals surface area contributed by atoms with Gasteiger partial charge in [0.1, 0.15) is 0 Å². The Morgan fingerprint density at radius 3 is 2.77 bits per heavy atom. The standard InChI is InChI=1S/C15H17ClN2O2S2/c1-8(2)14(9(3)19)18-13(20)7-21-15-17-11-6-10(16)4-5-12(11)22-15/h4-6,8,14H,7H2,1-3H3,(H,18,20). The molecule has 0 aliphatic carbocycles. The lowest BCUT2D eigenvalue weighted by atomic mass is 10.0. The molecule has 0 bridgehead atoms. The molecule has 0 aliphatic rings. The van der Waals surface area contributed by atoms with Crippen molar-refractivity contribution in [3.05, 3.63) is 23.2 Å². The van der Waals surface area contributed by atoms with Crippen LogP contribution in [-0.2, 0) is 9.59 Å². The van der Waals surface area contributed by atoms with E-state index in [4.69, 9.17) is 11.6 Å². The van der Waals surface area contributed by atoms with Crippen LogP contribution >= 0.6 is 34.7 Å². The number of carbonyl (C=O) groups excluding carboxylic acids is 2. The summed E-state index contributed by atoms with van der Waals surface area (Å²) in [6.45, 7) is 5.32. The van der Waals surface area contributed by atoms with Crippen molar-refractivity contribution in [2.75, 3.05) is 5.75 Å². The third-order valence-electron chi connectivity index (χ3n) is 3.08. The van der Waals surface area contributed by atoms with Gasteiger partial charge in [0.05, 0.1) is 22.0 Å². The van der Waals surface area contributed by atoms with Gasteiger partial charge >= 0.3 is 0 Å². The minimum Gasteiger partial charge on any atom is -0.345 e. The summed E-state index contributed by atoms with van der Waals surface area (Å²) in [6, 6.07) is 5.12. The minimum absolute atomic E-state index is 0.0250. The lowest BCUT2D eigenvalue weighted by Crippen LogP contribution is -2.44. The van der Waals surface area contributed by atoms with Crippen LogP contribution in [0.5, 0.6) is 0 Å². The maximum atomic E-state index is 12.0. The SMILES string of the molecule is CC(=O)C(NC(=O)CSc1nc2cc(Cl)ccc2s1)C(C)C. The minimum atomic E-state index is -0.428. The molecule has 0 radical (unpaired) electrons. The van der Waals surface area contributed by atoms with Crippen molar-refractivity contribution in [2.24, 2.45) is 5.92 Å². The number of fused-ring (bicyclic) bond motifs is 1. The summed E-state index contributed by atoms with van der Waals surface area (Å²) in [5.41, 5.74) is 0.837. The van der Waals surface area contributed by atoms with Crippen molar-refractivity contribution in [3.63, 3.8) is 0 Å². The maximum absolute atomic E-state index is 12.0. The zero-order valence-electron chi connectivity index (χ0n) is 12.6. The quantitative estimate of drug-likeness (QED) is 0.800. The second kappa shape index (κ2) is 7.44. The Morgan fingerprint density at radius 1 is 1.41 bits per heavy atom. The summed E-state index contributed by atoms with van der Waals surface area (Å²) in [5, 5.41) is 3.42. The van der Waals surface area contributed by atoms with E-state index in [0.717, 1.165) is 14.6 Å². The van der Waals surface area contributed by atoms with Gasteiger partial charge in [-0.2, -0.15) is 0 Å². The number of ketones is 1. The number of amides is 1. The lowest BCUT2D eigenvalue weighted by Gasteiger charge is -2.19. The molecule has 0 fully saturated rings. The van der Waals surface area contributed by atoms with Crippen molar-refractivity contribution in [1.82, 2.24) is 10.3 Å². The molecule has 1 aromatic heterocycles. The lowest BCUT2D eigenvalue weighted by molar-refractivity contribution is -0.126. The second-order valence-corrected chi connectivity index (χ2v) is 7.97. The Kier molecular flexibility index (Phi) is 5.83. The number of carbonyl (C=O) groups is 2. The van der Waals surface area contributed by atoms with E-state index >= 15 is 0 Å². The first-order valence-corrected chi connectivity index (χ1v) is 9.03. The van der Waals surface area contributed by atoms with Crippen molar-refractivity contribution in [3.8, 4) is 0 Å². The van der Waals surface area contributed by atoms with Crippen LogP contribution in [0.25, 0.3) is 10.2 Å². The van der Waals surface area contributed by atoms with Gasteiger partial charge in [-0.05, 0) is 31.0 Å². The molecule has 118 valence electrons. The van der Waals surface area contributed by atoms with E-state index in [2.05, 4.69) is 10.3 Å². The van der Waals surface area contributed by atoms with Crippen LogP contribution in [0.2, 0.25) is 5.02 Å². The first-order valence-electron chi connectivity index (χ1n) is 6.85. The molecule has 1 atom stereocenters. The average Bonchev–Trinajstić information content (AvgIpc) is 2.83. The van der Waals surface area contributed by atoms with E-state index in [1.165, 1.54) is 30.0 Å². The second-order valence-electron chi connectivity index (χ2n) is 5.28. The Bertz CT molecular complexity index is 700. The maximum Gasteiger partial charge on any atom is 0.231 e. The highest BCUT2D eigenvalue weighted by Gasteiger charge is 2.20. The summed E-state index contributed by atoms with van der Waals surface area (Å²) >= 11 is 8.83. The number of thioether (sulfide) groups is 1. The van der Waals surface area contributed by atoms with Crippen LogP contribution in [0.15, 0.2) is 22.5 Å². The van der Waals surface area contributed by atoms with E-state index in [9.17, 15) is 9.59 Å². The highest BCUT2D eigenvalue weighted by Crippen LogP contribution is 2.30. The number of halogens is 1.